The third-order valence-electron chi connectivity index (χ3n) is 9.57. The standard InChI is InChI=1S/C44H53N3O3/c1-3-5-8-11-35-16-18-38(19-17-35)40-22-25-43(41(28-40)31-47-46-30-37-14-12-36(29-45)13-15-37)39-20-23-42(24-21-39)50-27-10-7-6-9-26-48-32-44(4-2)33-49-34-44/h12-25,28-31,45H,3-11,26-27,32-34H2,1-2H3/b45-29?,46-30+,47-31+. The molecule has 1 heterocycles. The zero-order chi connectivity index (χ0) is 34.9. The highest BCUT2D eigenvalue weighted by Crippen LogP contribution is 2.32. The molecule has 0 aromatic heterocycles. The van der Waals surface area contributed by atoms with Gasteiger partial charge in [0, 0.05) is 23.8 Å². The molecule has 5 rings (SSSR count). The zero-order valence-electron chi connectivity index (χ0n) is 29.9. The Balaban J connectivity index is 1.18. The minimum atomic E-state index is 0.271. The van der Waals surface area contributed by atoms with Gasteiger partial charge in [0.05, 0.1) is 38.9 Å². The Kier molecular flexibility index (Phi) is 14.5. The van der Waals surface area contributed by atoms with E-state index in [9.17, 15) is 0 Å². The van der Waals surface area contributed by atoms with Crippen molar-refractivity contribution in [2.75, 3.05) is 33.0 Å². The highest BCUT2D eigenvalue weighted by molar-refractivity contribution is 5.93. The van der Waals surface area contributed by atoms with Crippen LogP contribution in [0.25, 0.3) is 22.3 Å². The van der Waals surface area contributed by atoms with Crippen molar-refractivity contribution in [1.82, 2.24) is 0 Å². The first-order chi connectivity index (χ1) is 24.6. The van der Waals surface area contributed by atoms with E-state index in [1.165, 1.54) is 36.6 Å². The minimum absolute atomic E-state index is 0.271. The molecule has 6 nitrogen and oxygen atoms in total. The maximum absolute atomic E-state index is 7.40. The number of nitrogens with zero attached hydrogens (tertiary/aromatic N) is 2. The van der Waals surface area contributed by atoms with Crippen molar-refractivity contribution in [3.05, 3.63) is 113 Å². The summed E-state index contributed by atoms with van der Waals surface area (Å²) in [5, 5.41) is 16.2. The molecule has 4 aromatic carbocycles. The van der Waals surface area contributed by atoms with Crippen molar-refractivity contribution in [2.45, 2.75) is 71.6 Å². The molecule has 0 radical (unpaired) electrons. The summed E-state index contributed by atoms with van der Waals surface area (Å²) >= 11 is 0. The van der Waals surface area contributed by atoms with Gasteiger partial charge in [-0.1, -0.05) is 106 Å². The second-order valence-electron chi connectivity index (χ2n) is 13.4. The summed E-state index contributed by atoms with van der Waals surface area (Å²) in [4.78, 5) is 0. The monoisotopic (exact) mass is 671 g/mol. The number of unbranched alkanes of at least 4 members (excludes halogenated alkanes) is 5. The van der Waals surface area contributed by atoms with Crippen LogP contribution in [0.2, 0.25) is 0 Å². The van der Waals surface area contributed by atoms with E-state index in [0.717, 1.165) is 104 Å². The Bertz CT molecular complexity index is 1650. The van der Waals surface area contributed by atoms with Gasteiger partial charge in [-0.25, -0.2) is 0 Å². The van der Waals surface area contributed by atoms with Crippen molar-refractivity contribution < 1.29 is 14.2 Å². The Morgan fingerprint density at radius 3 is 2.06 bits per heavy atom. The van der Waals surface area contributed by atoms with Gasteiger partial charge in [0.2, 0.25) is 0 Å². The molecule has 0 spiro atoms. The van der Waals surface area contributed by atoms with Gasteiger partial charge in [0.1, 0.15) is 5.75 Å². The summed E-state index contributed by atoms with van der Waals surface area (Å²) in [5.74, 6) is 0.883. The number of nitrogens with one attached hydrogen (secondary N) is 1. The van der Waals surface area contributed by atoms with Gasteiger partial charge >= 0.3 is 0 Å². The first kappa shape index (κ1) is 36.9. The lowest BCUT2D eigenvalue weighted by Crippen LogP contribution is -2.45. The molecular weight excluding hydrogens is 619 g/mol. The average molecular weight is 672 g/mol. The van der Waals surface area contributed by atoms with Crippen LogP contribution in [0.3, 0.4) is 0 Å². The molecule has 1 saturated heterocycles. The fraction of sp³-hybridized carbons (Fsp3) is 0.386. The number of ether oxygens (including phenoxy) is 3. The van der Waals surface area contributed by atoms with Crippen molar-refractivity contribution >= 4 is 18.6 Å². The Labute approximate surface area is 299 Å². The maximum Gasteiger partial charge on any atom is 0.119 e. The van der Waals surface area contributed by atoms with E-state index >= 15 is 0 Å². The van der Waals surface area contributed by atoms with E-state index in [2.05, 4.69) is 90.8 Å². The largest absolute Gasteiger partial charge is 0.494 e. The molecule has 0 bridgehead atoms. The Hall–Kier alpha value is -4.39. The van der Waals surface area contributed by atoms with Crippen molar-refractivity contribution in [3.8, 4) is 28.0 Å². The number of aryl methyl sites for hydroxylation is 1. The highest BCUT2D eigenvalue weighted by atomic mass is 16.5. The molecule has 50 heavy (non-hydrogen) atoms. The summed E-state index contributed by atoms with van der Waals surface area (Å²) in [7, 11) is 0. The van der Waals surface area contributed by atoms with Crippen LogP contribution in [-0.2, 0) is 15.9 Å². The second-order valence-corrected chi connectivity index (χ2v) is 13.4. The molecule has 0 unspecified atom stereocenters. The van der Waals surface area contributed by atoms with E-state index < -0.39 is 0 Å². The number of hydrogen-bond acceptors (Lipinski definition) is 6. The number of hydrogen-bond donors (Lipinski definition) is 1. The fourth-order valence-electron chi connectivity index (χ4n) is 6.08. The van der Waals surface area contributed by atoms with E-state index in [-0.39, 0.29) is 5.41 Å². The first-order valence-corrected chi connectivity index (χ1v) is 18.4. The molecule has 1 fully saturated rings. The minimum Gasteiger partial charge on any atom is -0.494 e. The Morgan fingerprint density at radius 2 is 1.38 bits per heavy atom. The molecule has 6 heteroatoms. The van der Waals surface area contributed by atoms with Crippen LogP contribution >= 0.6 is 0 Å². The van der Waals surface area contributed by atoms with Gasteiger partial charge in [-0.2, -0.15) is 10.2 Å². The van der Waals surface area contributed by atoms with Crippen LogP contribution in [0.1, 0.15) is 87.5 Å². The van der Waals surface area contributed by atoms with Gasteiger partial charge in [-0.15, -0.1) is 0 Å². The van der Waals surface area contributed by atoms with Crippen LogP contribution in [0.4, 0.5) is 0 Å². The molecule has 262 valence electrons. The van der Waals surface area contributed by atoms with Gasteiger partial charge in [0.15, 0.2) is 0 Å². The molecular formula is C44H53N3O3. The van der Waals surface area contributed by atoms with Crippen LogP contribution in [0.5, 0.6) is 5.75 Å². The lowest BCUT2D eigenvalue weighted by molar-refractivity contribution is -0.150. The first-order valence-electron chi connectivity index (χ1n) is 18.4. The third-order valence-corrected chi connectivity index (χ3v) is 9.57. The molecule has 0 saturated carbocycles. The van der Waals surface area contributed by atoms with Crippen LogP contribution < -0.4 is 4.74 Å². The second kappa shape index (κ2) is 19.7. The van der Waals surface area contributed by atoms with Crippen molar-refractivity contribution in [3.63, 3.8) is 0 Å². The predicted octanol–water partition coefficient (Wildman–Crippen LogP) is 10.6. The van der Waals surface area contributed by atoms with E-state index in [0.29, 0.717) is 6.61 Å². The van der Waals surface area contributed by atoms with Gasteiger partial charge in [0.25, 0.3) is 0 Å². The van der Waals surface area contributed by atoms with Crippen molar-refractivity contribution in [2.24, 2.45) is 15.6 Å². The lowest BCUT2D eigenvalue weighted by Gasteiger charge is -2.40. The summed E-state index contributed by atoms with van der Waals surface area (Å²) in [6.07, 6.45) is 15.3. The predicted molar refractivity (Wildman–Crippen MR) is 208 cm³/mol. The third kappa shape index (κ3) is 11.1. The highest BCUT2D eigenvalue weighted by Gasteiger charge is 2.36. The smallest absolute Gasteiger partial charge is 0.119 e. The van der Waals surface area contributed by atoms with Gasteiger partial charge in [-0.3, -0.25) is 0 Å². The van der Waals surface area contributed by atoms with E-state index in [1.54, 1.807) is 6.21 Å². The van der Waals surface area contributed by atoms with Crippen LogP contribution in [-0.4, -0.2) is 51.7 Å². The SMILES string of the molecule is CCCCCc1ccc(-c2ccc(-c3ccc(OCCCCCCOCC4(CC)COC4)cc3)c(/C=N/N=C/c3ccc(C=N)cc3)c2)cc1. The fourth-order valence-corrected chi connectivity index (χ4v) is 6.08. The molecule has 4 aromatic rings. The van der Waals surface area contributed by atoms with Gasteiger partial charge in [-0.05, 0) is 95.7 Å². The summed E-state index contributed by atoms with van der Waals surface area (Å²) in [5.41, 5.74) is 8.96. The molecule has 1 N–H and O–H groups in total. The quantitative estimate of drug-likeness (QED) is 0.0544. The summed E-state index contributed by atoms with van der Waals surface area (Å²) in [6, 6.07) is 31.5. The van der Waals surface area contributed by atoms with Crippen molar-refractivity contribution in [1.29, 1.82) is 5.41 Å². The summed E-state index contributed by atoms with van der Waals surface area (Å²) < 4.78 is 17.4. The van der Waals surface area contributed by atoms with Crippen LogP contribution in [0, 0.1) is 10.8 Å². The molecule has 0 atom stereocenters. The molecule has 1 aliphatic rings. The number of benzene rings is 4. The van der Waals surface area contributed by atoms with Crippen LogP contribution in [0.15, 0.2) is 101 Å². The normalized spacial score (nSPS) is 13.9. The van der Waals surface area contributed by atoms with E-state index in [4.69, 9.17) is 19.6 Å². The average Bonchev–Trinajstić information content (AvgIpc) is 3.14. The van der Waals surface area contributed by atoms with E-state index in [1.807, 2.05) is 30.5 Å². The Morgan fingerprint density at radius 1 is 0.700 bits per heavy atom. The lowest BCUT2D eigenvalue weighted by atomic mass is 9.84. The summed E-state index contributed by atoms with van der Waals surface area (Å²) in [6.45, 7) is 8.52. The molecule has 1 aliphatic heterocycles. The molecule has 0 amide bonds. The maximum atomic E-state index is 7.40. The number of rotatable bonds is 21. The van der Waals surface area contributed by atoms with Gasteiger partial charge < -0.3 is 19.6 Å². The zero-order valence-corrected chi connectivity index (χ0v) is 29.9. The topological polar surface area (TPSA) is 76.3 Å². The molecule has 0 aliphatic carbocycles.